The molecule has 2 aromatic rings. The quantitative estimate of drug-likeness (QED) is 0.758. The number of Topliss-reactive ketones (excluding diaryl/α,β-unsaturated/α-hetero) is 1. The van der Waals surface area contributed by atoms with E-state index < -0.39 is 10.8 Å². The van der Waals surface area contributed by atoms with Crippen LogP contribution in [0.25, 0.3) is 0 Å². The number of hydrogen-bond acceptors (Lipinski definition) is 2. The van der Waals surface area contributed by atoms with E-state index in [-0.39, 0.29) is 11.6 Å². The second-order valence-corrected chi connectivity index (χ2v) is 6.47. The van der Waals surface area contributed by atoms with E-state index in [0.29, 0.717) is 24.2 Å². The highest BCUT2D eigenvalue weighted by Gasteiger charge is 2.08. The van der Waals surface area contributed by atoms with Gasteiger partial charge < -0.3 is 0 Å². The van der Waals surface area contributed by atoms with Crippen LogP contribution in [0, 0.1) is 12.7 Å². The molecule has 0 aliphatic carbocycles. The molecule has 2 aromatic carbocycles. The monoisotopic (exact) mass is 304 g/mol. The molecule has 4 heteroatoms. The molecule has 21 heavy (non-hydrogen) atoms. The van der Waals surface area contributed by atoms with E-state index in [0.717, 1.165) is 10.5 Å². The molecule has 2 nitrogen and oxygen atoms in total. The third kappa shape index (κ3) is 4.60. The maximum atomic E-state index is 12.8. The highest BCUT2D eigenvalue weighted by molar-refractivity contribution is 7.85. The van der Waals surface area contributed by atoms with Crippen LogP contribution in [0.1, 0.15) is 28.8 Å². The lowest BCUT2D eigenvalue weighted by molar-refractivity contribution is 0.0982. The van der Waals surface area contributed by atoms with Gasteiger partial charge >= 0.3 is 0 Å². The summed E-state index contributed by atoms with van der Waals surface area (Å²) in [6.07, 6.45) is 0.875. The van der Waals surface area contributed by atoms with Gasteiger partial charge in [-0.25, -0.2) is 4.39 Å². The van der Waals surface area contributed by atoms with E-state index in [2.05, 4.69) is 0 Å². The van der Waals surface area contributed by atoms with Crippen LogP contribution < -0.4 is 0 Å². The summed E-state index contributed by atoms with van der Waals surface area (Å²) >= 11 is 0. The van der Waals surface area contributed by atoms with E-state index in [1.54, 1.807) is 0 Å². The summed E-state index contributed by atoms with van der Waals surface area (Å²) < 4.78 is 24.8. The number of halogens is 1. The van der Waals surface area contributed by atoms with Crippen molar-refractivity contribution in [3.8, 4) is 0 Å². The maximum Gasteiger partial charge on any atom is 0.162 e. The van der Waals surface area contributed by atoms with E-state index in [1.165, 1.54) is 24.3 Å². The van der Waals surface area contributed by atoms with Gasteiger partial charge in [-0.15, -0.1) is 0 Å². The molecule has 0 saturated heterocycles. The average Bonchev–Trinajstić information content (AvgIpc) is 2.48. The lowest BCUT2D eigenvalue weighted by Crippen LogP contribution is -2.04. The molecular weight excluding hydrogens is 287 g/mol. The van der Waals surface area contributed by atoms with Gasteiger partial charge in [-0.05, 0) is 49.7 Å². The van der Waals surface area contributed by atoms with Gasteiger partial charge in [0.1, 0.15) is 5.82 Å². The van der Waals surface area contributed by atoms with Crippen molar-refractivity contribution in [3.63, 3.8) is 0 Å². The lowest BCUT2D eigenvalue weighted by Gasteiger charge is -2.03. The van der Waals surface area contributed by atoms with Crippen LogP contribution in [0.15, 0.2) is 53.4 Å². The second-order valence-electron chi connectivity index (χ2n) is 4.90. The smallest absolute Gasteiger partial charge is 0.162 e. The number of carbonyl (C=O) groups is 1. The van der Waals surface area contributed by atoms with Crippen LogP contribution in [-0.4, -0.2) is 15.7 Å². The average molecular weight is 304 g/mol. The molecule has 0 aliphatic rings. The first-order chi connectivity index (χ1) is 10.1. The molecule has 0 amide bonds. The number of ketones is 1. The summed E-state index contributed by atoms with van der Waals surface area (Å²) in [7, 11) is -1.08. The molecule has 0 saturated carbocycles. The highest BCUT2D eigenvalue weighted by Crippen LogP contribution is 2.12. The van der Waals surface area contributed by atoms with Crippen molar-refractivity contribution in [2.45, 2.75) is 24.7 Å². The fraction of sp³-hybridized carbons (Fsp3) is 0.235. The molecule has 1 unspecified atom stereocenters. The first-order valence-corrected chi connectivity index (χ1v) is 8.12. The minimum atomic E-state index is -1.08. The molecule has 0 spiro atoms. The zero-order valence-electron chi connectivity index (χ0n) is 11.8. The molecule has 2 rings (SSSR count). The Balaban J connectivity index is 1.83. The summed E-state index contributed by atoms with van der Waals surface area (Å²) in [5.74, 6) is 0.0543. The van der Waals surface area contributed by atoms with Crippen molar-refractivity contribution in [1.29, 1.82) is 0 Å². The first-order valence-electron chi connectivity index (χ1n) is 6.80. The molecule has 1 atom stereocenters. The van der Waals surface area contributed by atoms with Crippen LogP contribution >= 0.6 is 0 Å². The van der Waals surface area contributed by atoms with Crippen LogP contribution in [0.4, 0.5) is 4.39 Å². The van der Waals surface area contributed by atoms with Crippen molar-refractivity contribution < 1.29 is 13.4 Å². The lowest BCUT2D eigenvalue weighted by atomic mass is 10.1. The zero-order chi connectivity index (χ0) is 15.2. The van der Waals surface area contributed by atoms with Crippen molar-refractivity contribution in [2.75, 3.05) is 5.75 Å². The normalized spacial score (nSPS) is 12.1. The van der Waals surface area contributed by atoms with Gasteiger partial charge in [0.2, 0.25) is 0 Å². The summed E-state index contributed by atoms with van der Waals surface area (Å²) in [6, 6.07) is 13.1. The number of benzene rings is 2. The van der Waals surface area contributed by atoms with Gasteiger partial charge in [-0.3, -0.25) is 9.00 Å². The number of carbonyl (C=O) groups excluding carboxylic acids is 1. The third-order valence-corrected chi connectivity index (χ3v) is 4.64. The van der Waals surface area contributed by atoms with Crippen molar-refractivity contribution >= 4 is 16.6 Å². The van der Waals surface area contributed by atoms with Gasteiger partial charge in [-0.1, -0.05) is 17.7 Å². The number of rotatable bonds is 6. The van der Waals surface area contributed by atoms with Gasteiger partial charge in [0.15, 0.2) is 5.78 Å². The van der Waals surface area contributed by atoms with Gasteiger partial charge in [0.05, 0.1) is 10.8 Å². The van der Waals surface area contributed by atoms with E-state index >= 15 is 0 Å². The van der Waals surface area contributed by atoms with Gasteiger partial charge in [0, 0.05) is 22.6 Å². The summed E-state index contributed by atoms with van der Waals surface area (Å²) in [5.41, 5.74) is 1.62. The fourth-order valence-electron chi connectivity index (χ4n) is 1.95. The Hall–Kier alpha value is -1.81. The van der Waals surface area contributed by atoms with E-state index in [4.69, 9.17) is 0 Å². The van der Waals surface area contributed by atoms with Crippen LogP contribution in [0.3, 0.4) is 0 Å². The SMILES string of the molecule is Cc1ccc(S(=O)CCCC(=O)c2ccc(F)cc2)cc1. The molecule has 110 valence electrons. The summed E-state index contributed by atoms with van der Waals surface area (Å²) in [4.78, 5) is 12.7. The Morgan fingerprint density at radius 3 is 2.29 bits per heavy atom. The molecule has 0 fully saturated rings. The fourth-order valence-corrected chi connectivity index (χ4v) is 3.03. The molecule has 0 radical (unpaired) electrons. The minimum absolute atomic E-state index is 0.0455. The van der Waals surface area contributed by atoms with Gasteiger partial charge in [0.25, 0.3) is 0 Å². The first kappa shape index (κ1) is 15.6. The molecular formula is C17H17FO2S. The Labute approximate surface area is 126 Å². The number of hydrogen-bond donors (Lipinski definition) is 0. The maximum absolute atomic E-state index is 12.8. The predicted molar refractivity (Wildman–Crippen MR) is 82.4 cm³/mol. The summed E-state index contributed by atoms with van der Waals surface area (Å²) in [5, 5.41) is 0. The van der Waals surface area contributed by atoms with Gasteiger partial charge in [-0.2, -0.15) is 0 Å². The van der Waals surface area contributed by atoms with E-state index in [9.17, 15) is 13.4 Å². The van der Waals surface area contributed by atoms with Crippen molar-refractivity contribution in [1.82, 2.24) is 0 Å². The minimum Gasteiger partial charge on any atom is -0.294 e. The van der Waals surface area contributed by atoms with Crippen LogP contribution in [0.5, 0.6) is 0 Å². The largest absolute Gasteiger partial charge is 0.294 e. The van der Waals surface area contributed by atoms with E-state index in [1.807, 2.05) is 31.2 Å². The molecule has 0 N–H and O–H groups in total. The number of aryl methyl sites for hydroxylation is 1. The Morgan fingerprint density at radius 1 is 1.05 bits per heavy atom. The molecule has 0 bridgehead atoms. The van der Waals surface area contributed by atoms with Crippen molar-refractivity contribution in [3.05, 3.63) is 65.5 Å². The Morgan fingerprint density at radius 2 is 1.67 bits per heavy atom. The summed E-state index contributed by atoms with van der Waals surface area (Å²) in [6.45, 7) is 1.98. The van der Waals surface area contributed by atoms with Crippen LogP contribution in [0.2, 0.25) is 0 Å². The molecule has 0 heterocycles. The zero-order valence-corrected chi connectivity index (χ0v) is 12.7. The molecule has 0 aromatic heterocycles. The third-order valence-electron chi connectivity index (χ3n) is 3.18. The standard InChI is InChI=1S/C17H17FO2S/c1-13-4-10-16(11-5-13)21(20)12-2-3-17(19)14-6-8-15(18)9-7-14/h4-11H,2-3,12H2,1H3. The topological polar surface area (TPSA) is 34.1 Å². The molecule has 0 aliphatic heterocycles. The van der Waals surface area contributed by atoms with Crippen LogP contribution in [-0.2, 0) is 10.8 Å². The highest BCUT2D eigenvalue weighted by atomic mass is 32.2. The Bertz CT molecular complexity index is 575. The van der Waals surface area contributed by atoms with Crippen molar-refractivity contribution in [2.24, 2.45) is 0 Å². The predicted octanol–water partition coefficient (Wildman–Crippen LogP) is 3.90. The Kier molecular flexibility index (Phi) is 5.39. The second kappa shape index (κ2) is 7.27.